The molecule has 2 rings (SSSR count). The van der Waals surface area contributed by atoms with Gasteiger partial charge in [-0.25, -0.2) is 0 Å². The molecule has 1 aromatic rings. The molecule has 0 amide bonds. The Labute approximate surface area is 84.5 Å². The van der Waals surface area contributed by atoms with Crippen molar-refractivity contribution in [3.05, 3.63) is 15.4 Å². The Kier molecular flexibility index (Phi) is 2.46. The van der Waals surface area contributed by atoms with Crippen LogP contribution in [0.25, 0.3) is 0 Å². The highest BCUT2D eigenvalue weighted by molar-refractivity contribution is 6.99. The van der Waals surface area contributed by atoms with Crippen LogP contribution in [0.1, 0.15) is 12.8 Å². The van der Waals surface area contributed by atoms with E-state index in [1.54, 1.807) is 0 Å². The van der Waals surface area contributed by atoms with Gasteiger partial charge in [0.15, 0.2) is 11.0 Å². The first-order valence-electron chi connectivity index (χ1n) is 4.06. The molecule has 0 radical (unpaired) electrons. The molecule has 0 spiro atoms. The summed E-state index contributed by atoms with van der Waals surface area (Å²) in [5.74, 6) is 0.461. The predicted octanol–water partition coefficient (Wildman–Crippen LogP) is 1.15. The molecule has 1 aliphatic heterocycles. The second kappa shape index (κ2) is 3.59. The fourth-order valence-electron chi connectivity index (χ4n) is 1.40. The fraction of sp³-hybridized carbons (Fsp3) is 0.571. The Morgan fingerprint density at radius 3 is 2.69 bits per heavy atom. The average molecular weight is 218 g/mol. The van der Waals surface area contributed by atoms with E-state index in [1.807, 2.05) is 4.90 Å². The lowest BCUT2D eigenvalue weighted by atomic mass is 10.4. The van der Waals surface area contributed by atoms with Gasteiger partial charge in [0, 0.05) is 13.1 Å². The Hall–Kier alpha value is -0.680. The van der Waals surface area contributed by atoms with Crippen LogP contribution >= 0.6 is 23.3 Å². The van der Waals surface area contributed by atoms with Crippen LogP contribution in [-0.4, -0.2) is 21.8 Å². The van der Waals surface area contributed by atoms with Gasteiger partial charge < -0.3 is 4.90 Å². The molecule has 0 bridgehead atoms. The van der Waals surface area contributed by atoms with Crippen molar-refractivity contribution in [3.8, 4) is 0 Å². The Morgan fingerprint density at radius 2 is 2.00 bits per heavy atom. The van der Waals surface area contributed by atoms with E-state index in [9.17, 15) is 4.79 Å². The monoisotopic (exact) mass is 217 g/mol. The minimum Gasteiger partial charge on any atom is -0.352 e. The summed E-state index contributed by atoms with van der Waals surface area (Å²) in [7, 11) is 0. The zero-order valence-corrected chi connectivity index (χ0v) is 8.44. The van der Waals surface area contributed by atoms with Crippen LogP contribution < -0.4 is 10.3 Å². The van der Waals surface area contributed by atoms with Crippen LogP contribution in [0.3, 0.4) is 0 Å². The first-order chi connectivity index (χ1) is 6.29. The third kappa shape index (κ3) is 1.66. The molecule has 0 atom stereocenters. The molecule has 1 saturated heterocycles. The van der Waals surface area contributed by atoms with Gasteiger partial charge in [-0.1, -0.05) is 11.6 Å². The molecule has 2 heterocycles. The van der Waals surface area contributed by atoms with Gasteiger partial charge >= 0.3 is 0 Å². The SMILES string of the molecule is O=c1c(Cl)nsnc1N1CCCC1. The predicted molar refractivity (Wildman–Crippen MR) is 52.6 cm³/mol. The van der Waals surface area contributed by atoms with Crippen molar-refractivity contribution >= 4 is 29.1 Å². The quantitative estimate of drug-likeness (QED) is 0.708. The molecule has 1 aromatic heterocycles. The Bertz CT molecular complexity index is 361. The van der Waals surface area contributed by atoms with E-state index in [0.29, 0.717) is 5.82 Å². The number of anilines is 1. The van der Waals surface area contributed by atoms with Crippen LogP contribution in [0.15, 0.2) is 4.79 Å². The fourth-order valence-corrected chi connectivity index (χ4v) is 2.05. The molecule has 1 fully saturated rings. The number of halogens is 1. The summed E-state index contributed by atoms with van der Waals surface area (Å²) in [5.41, 5.74) is -0.248. The van der Waals surface area contributed by atoms with Crippen LogP contribution in [0, 0.1) is 0 Å². The molecule has 0 aromatic carbocycles. The molecule has 0 aliphatic carbocycles. The lowest BCUT2D eigenvalue weighted by Gasteiger charge is -2.13. The molecule has 0 N–H and O–H groups in total. The molecule has 70 valence electrons. The maximum absolute atomic E-state index is 11.5. The summed E-state index contributed by atoms with van der Waals surface area (Å²) in [6.45, 7) is 1.80. The normalized spacial score (nSPS) is 16.5. The third-order valence-electron chi connectivity index (χ3n) is 2.04. The molecule has 4 nitrogen and oxygen atoms in total. The summed E-state index contributed by atoms with van der Waals surface area (Å²) >= 11 is 6.60. The minimum absolute atomic E-state index is 0.0295. The molecule has 1 aliphatic rings. The average Bonchev–Trinajstić information content (AvgIpc) is 2.62. The van der Waals surface area contributed by atoms with E-state index in [0.717, 1.165) is 37.7 Å². The first kappa shape index (κ1) is 8.90. The Morgan fingerprint density at radius 1 is 1.31 bits per heavy atom. The van der Waals surface area contributed by atoms with Crippen LogP contribution in [-0.2, 0) is 0 Å². The smallest absolute Gasteiger partial charge is 0.260 e. The topological polar surface area (TPSA) is 46.1 Å². The second-order valence-corrected chi connectivity index (χ2v) is 3.79. The van der Waals surface area contributed by atoms with Gasteiger partial charge in [0.2, 0.25) is 0 Å². The molecular weight excluding hydrogens is 210 g/mol. The van der Waals surface area contributed by atoms with Crippen molar-refractivity contribution in [1.82, 2.24) is 8.75 Å². The largest absolute Gasteiger partial charge is 0.352 e. The number of nitrogens with zero attached hydrogens (tertiary/aromatic N) is 3. The van der Waals surface area contributed by atoms with Gasteiger partial charge in [-0.15, -0.1) is 0 Å². The van der Waals surface area contributed by atoms with Crippen molar-refractivity contribution < 1.29 is 0 Å². The molecule has 6 heteroatoms. The summed E-state index contributed by atoms with van der Waals surface area (Å²) in [4.78, 5) is 13.4. The van der Waals surface area contributed by atoms with E-state index >= 15 is 0 Å². The summed E-state index contributed by atoms with van der Waals surface area (Å²) in [5, 5.41) is 0.0295. The van der Waals surface area contributed by atoms with Gasteiger partial charge in [0.1, 0.15) is 0 Å². The highest BCUT2D eigenvalue weighted by Gasteiger charge is 2.18. The number of aromatic nitrogens is 2. The van der Waals surface area contributed by atoms with Crippen molar-refractivity contribution in [2.24, 2.45) is 0 Å². The van der Waals surface area contributed by atoms with E-state index in [2.05, 4.69) is 8.75 Å². The Balaban J connectivity index is 2.39. The van der Waals surface area contributed by atoms with Crippen molar-refractivity contribution in [1.29, 1.82) is 0 Å². The highest BCUT2D eigenvalue weighted by Crippen LogP contribution is 2.15. The van der Waals surface area contributed by atoms with E-state index in [-0.39, 0.29) is 10.6 Å². The van der Waals surface area contributed by atoms with Crippen LogP contribution in [0.5, 0.6) is 0 Å². The number of hydrogen-bond acceptors (Lipinski definition) is 5. The standard InChI is InChI=1S/C7H8ClN3OS/c8-6-5(12)7(10-13-9-6)11-3-1-2-4-11/h1-4H2. The van der Waals surface area contributed by atoms with E-state index in [4.69, 9.17) is 11.6 Å². The number of hydrogen-bond donors (Lipinski definition) is 0. The molecule has 0 saturated carbocycles. The molecular formula is C7H8ClN3OS. The lowest BCUT2D eigenvalue weighted by molar-refractivity contribution is 0.939. The number of rotatable bonds is 1. The summed E-state index contributed by atoms with van der Waals surface area (Å²) in [6, 6.07) is 0. The molecule has 13 heavy (non-hydrogen) atoms. The van der Waals surface area contributed by atoms with E-state index in [1.165, 1.54) is 0 Å². The maximum Gasteiger partial charge on any atom is 0.260 e. The minimum atomic E-state index is -0.248. The van der Waals surface area contributed by atoms with Gasteiger partial charge in [-0.2, -0.15) is 8.75 Å². The van der Waals surface area contributed by atoms with Crippen LogP contribution in [0.4, 0.5) is 5.82 Å². The second-order valence-electron chi connectivity index (χ2n) is 2.90. The summed E-state index contributed by atoms with van der Waals surface area (Å²) < 4.78 is 7.65. The van der Waals surface area contributed by atoms with Gasteiger partial charge in [0.05, 0.1) is 11.7 Å². The zero-order chi connectivity index (χ0) is 9.26. The third-order valence-corrected chi connectivity index (χ3v) is 2.92. The van der Waals surface area contributed by atoms with Crippen molar-refractivity contribution in [2.75, 3.05) is 18.0 Å². The van der Waals surface area contributed by atoms with Gasteiger partial charge in [-0.05, 0) is 12.8 Å². The first-order valence-corrected chi connectivity index (χ1v) is 5.17. The maximum atomic E-state index is 11.5. The van der Waals surface area contributed by atoms with Crippen molar-refractivity contribution in [3.63, 3.8) is 0 Å². The van der Waals surface area contributed by atoms with Crippen LogP contribution in [0.2, 0.25) is 5.15 Å². The molecule has 0 unspecified atom stereocenters. The zero-order valence-electron chi connectivity index (χ0n) is 6.86. The van der Waals surface area contributed by atoms with Gasteiger partial charge in [-0.3, -0.25) is 4.79 Å². The summed E-state index contributed by atoms with van der Waals surface area (Å²) in [6.07, 6.45) is 2.23. The van der Waals surface area contributed by atoms with Gasteiger partial charge in [0.25, 0.3) is 5.43 Å². The van der Waals surface area contributed by atoms with Crippen molar-refractivity contribution in [2.45, 2.75) is 12.8 Å². The van der Waals surface area contributed by atoms with E-state index < -0.39 is 0 Å². The highest BCUT2D eigenvalue weighted by atomic mass is 35.5. The lowest BCUT2D eigenvalue weighted by Crippen LogP contribution is -2.25.